The minimum absolute atomic E-state index is 0.0754. The molecule has 0 amide bonds. The third-order valence-electron chi connectivity index (χ3n) is 2.57. The number of ether oxygens (including phenoxy) is 1. The summed E-state index contributed by atoms with van der Waals surface area (Å²) in [4.78, 5) is 14.0. The molecule has 0 aliphatic rings. The van der Waals surface area contributed by atoms with Crippen molar-refractivity contribution in [3.8, 4) is 17.7 Å². The molecule has 2 aromatic rings. The Hall–Kier alpha value is -2.65. The fourth-order valence-electron chi connectivity index (χ4n) is 1.54. The predicted molar refractivity (Wildman–Crippen MR) is 71.9 cm³/mol. The summed E-state index contributed by atoms with van der Waals surface area (Å²) in [6, 6.07) is 7.49. The van der Waals surface area contributed by atoms with E-state index in [1.54, 1.807) is 13.0 Å². The number of nitro benzene ring substituents is 1. The number of aromatic nitrogens is 1. The van der Waals surface area contributed by atoms with Gasteiger partial charge >= 0.3 is 0 Å². The fourth-order valence-corrected chi connectivity index (χ4v) is 1.75. The lowest BCUT2D eigenvalue weighted by atomic mass is 10.2. The second kappa shape index (κ2) is 5.55. The maximum absolute atomic E-state index is 10.6. The normalized spacial score (nSPS) is 9.85. The number of rotatable bonds is 3. The molecule has 0 aliphatic carbocycles. The van der Waals surface area contributed by atoms with Gasteiger partial charge in [-0.1, -0.05) is 11.6 Å². The van der Waals surface area contributed by atoms with Gasteiger partial charge in [0.15, 0.2) is 0 Å². The Labute approximate surface area is 119 Å². The van der Waals surface area contributed by atoms with Gasteiger partial charge < -0.3 is 4.74 Å². The van der Waals surface area contributed by atoms with Crippen LogP contribution in [0.15, 0.2) is 30.5 Å². The summed E-state index contributed by atoms with van der Waals surface area (Å²) >= 11 is 5.92. The summed E-state index contributed by atoms with van der Waals surface area (Å²) in [5.41, 5.74) is 0.873. The average Bonchev–Trinajstić information content (AvgIpc) is 2.41. The lowest BCUT2D eigenvalue weighted by Gasteiger charge is -2.08. The molecule has 0 aliphatic heterocycles. The molecule has 1 heterocycles. The third-order valence-corrected chi connectivity index (χ3v) is 2.86. The summed E-state index contributed by atoms with van der Waals surface area (Å²) in [6.45, 7) is 1.75. The molecule has 0 radical (unpaired) electrons. The first-order chi connectivity index (χ1) is 9.52. The zero-order valence-corrected chi connectivity index (χ0v) is 11.1. The first-order valence-electron chi connectivity index (χ1n) is 5.50. The Kier molecular flexibility index (Phi) is 3.82. The minimum Gasteiger partial charge on any atom is -0.436 e. The SMILES string of the molecule is Cc1ccnc(Oc2ccc([N+](=O)[O-])cc2Cl)c1C#N. The first-order valence-corrected chi connectivity index (χ1v) is 5.88. The lowest BCUT2D eigenvalue weighted by Crippen LogP contribution is -1.95. The number of halogens is 1. The largest absolute Gasteiger partial charge is 0.436 e. The Morgan fingerprint density at radius 3 is 2.80 bits per heavy atom. The molecule has 1 aromatic heterocycles. The molecule has 1 aromatic carbocycles. The van der Waals surface area contributed by atoms with Gasteiger partial charge in [0.25, 0.3) is 5.69 Å². The van der Waals surface area contributed by atoms with Crippen LogP contribution in [0.4, 0.5) is 5.69 Å². The van der Waals surface area contributed by atoms with Gasteiger partial charge in [0.1, 0.15) is 17.4 Å². The van der Waals surface area contributed by atoms with E-state index in [0.717, 1.165) is 5.56 Å². The van der Waals surface area contributed by atoms with Crippen molar-refractivity contribution in [3.05, 3.63) is 56.7 Å². The molecular weight excluding hydrogens is 282 g/mol. The number of pyridine rings is 1. The van der Waals surface area contributed by atoms with E-state index in [1.165, 1.54) is 24.4 Å². The summed E-state index contributed by atoms with van der Waals surface area (Å²) in [5.74, 6) is 0.315. The van der Waals surface area contributed by atoms with Crippen LogP contribution in [0.2, 0.25) is 5.02 Å². The molecule has 2 rings (SSSR count). The van der Waals surface area contributed by atoms with Crippen molar-refractivity contribution < 1.29 is 9.66 Å². The lowest BCUT2D eigenvalue weighted by molar-refractivity contribution is -0.384. The summed E-state index contributed by atoms with van der Waals surface area (Å²) < 4.78 is 5.46. The van der Waals surface area contributed by atoms with Crippen LogP contribution in [0.5, 0.6) is 11.6 Å². The van der Waals surface area contributed by atoms with E-state index in [1.807, 2.05) is 6.07 Å². The van der Waals surface area contributed by atoms with Crippen LogP contribution >= 0.6 is 11.6 Å². The van der Waals surface area contributed by atoms with Gasteiger partial charge in [0.2, 0.25) is 5.88 Å². The Balaban J connectivity index is 2.39. The molecule has 0 saturated heterocycles. The number of nitrogens with zero attached hydrogens (tertiary/aromatic N) is 3. The van der Waals surface area contributed by atoms with Gasteiger partial charge in [-0.15, -0.1) is 0 Å². The van der Waals surface area contributed by atoms with E-state index < -0.39 is 4.92 Å². The predicted octanol–water partition coefficient (Wildman–Crippen LogP) is 3.62. The molecule has 0 atom stereocenters. The summed E-state index contributed by atoms with van der Waals surface area (Å²) in [5, 5.41) is 19.8. The van der Waals surface area contributed by atoms with Crippen LogP contribution in [-0.2, 0) is 0 Å². The molecular formula is C13H8ClN3O3. The minimum atomic E-state index is -0.554. The van der Waals surface area contributed by atoms with Crippen LogP contribution in [0.25, 0.3) is 0 Å². The number of nitriles is 1. The highest BCUT2D eigenvalue weighted by Gasteiger charge is 2.14. The average molecular weight is 290 g/mol. The highest BCUT2D eigenvalue weighted by molar-refractivity contribution is 6.32. The van der Waals surface area contributed by atoms with Gasteiger partial charge in [-0.2, -0.15) is 5.26 Å². The molecule has 0 bridgehead atoms. The van der Waals surface area contributed by atoms with Gasteiger partial charge in [-0.25, -0.2) is 4.98 Å². The monoisotopic (exact) mass is 289 g/mol. The second-order valence-corrected chi connectivity index (χ2v) is 4.30. The van der Waals surface area contributed by atoms with Crippen molar-refractivity contribution in [1.29, 1.82) is 5.26 Å². The van der Waals surface area contributed by atoms with E-state index >= 15 is 0 Å². The van der Waals surface area contributed by atoms with E-state index in [4.69, 9.17) is 21.6 Å². The summed E-state index contributed by atoms with van der Waals surface area (Å²) in [7, 11) is 0. The summed E-state index contributed by atoms with van der Waals surface area (Å²) in [6.07, 6.45) is 1.50. The highest BCUT2D eigenvalue weighted by Crippen LogP contribution is 2.33. The molecule has 20 heavy (non-hydrogen) atoms. The van der Waals surface area contributed by atoms with Crippen molar-refractivity contribution >= 4 is 17.3 Å². The number of nitro groups is 1. The second-order valence-electron chi connectivity index (χ2n) is 3.89. The molecule has 0 saturated carbocycles. The van der Waals surface area contributed by atoms with Gasteiger partial charge in [0.05, 0.1) is 9.95 Å². The zero-order chi connectivity index (χ0) is 14.7. The molecule has 7 heteroatoms. The maximum atomic E-state index is 10.6. The fraction of sp³-hybridized carbons (Fsp3) is 0.0769. The number of hydrogen-bond acceptors (Lipinski definition) is 5. The number of aryl methyl sites for hydroxylation is 1. The van der Waals surface area contributed by atoms with Crippen LogP contribution in [0, 0.1) is 28.4 Å². The topological polar surface area (TPSA) is 89.1 Å². The smallest absolute Gasteiger partial charge is 0.271 e. The molecule has 0 spiro atoms. The van der Waals surface area contributed by atoms with Crippen molar-refractivity contribution in [2.45, 2.75) is 6.92 Å². The van der Waals surface area contributed by atoms with Crippen molar-refractivity contribution in [2.24, 2.45) is 0 Å². The van der Waals surface area contributed by atoms with Gasteiger partial charge in [0, 0.05) is 18.3 Å². The van der Waals surface area contributed by atoms with E-state index in [-0.39, 0.29) is 22.3 Å². The van der Waals surface area contributed by atoms with E-state index in [9.17, 15) is 10.1 Å². The third kappa shape index (κ3) is 2.68. The molecule has 0 unspecified atom stereocenters. The first kappa shape index (κ1) is 13.8. The molecule has 0 N–H and O–H groups in total. The van der Waals surface area contributed by atoms with Crippen molar-refractivity contribution in [3.63, 3.8) is 0 Å². The highest BCUT2D eigenvalue weighted by atomic mass is 35.5. The van der Waals surface area contributed by atoms with E-state index in [0.29, 0.717) is 5.56 Å². The molecule has 0 fully saturated rings. The van der Waals surface area contributed by atoms with E-state index in [2.05, 4.69) is 4.98 Å². The number of hydrogen-bond donors (Lipinski definition) is 0. The van der Waals surface area contributed by atoms with Crippen LogP contribution in [-0.4, -0.2) is 9.91 Å². The Bertz CT molecular complexity index is 725. The number of benzene rings is 1. The molecule has 100 valence electrons. The van der Waals surface area contributed by atoms with Crippen LogP contribution in [0.1, 0.15) is 11.1 Å². The standard InChI is InChI=1S/C13H8ClN3O3/c1-8-4-5-16-13(10(8)7-15)20-12-3-2-9(17(18)19)6-11(12)14/h2-6H,1H3. The van der Waals surface area contributed by atoms with Gasteiger partial charge in [-0.05, 0) is 24.6 Å². The maximum Gasteiger partial charge on any atom is 0.271 e. The Morgan fingerprint density at radius 1 is 1.45 bits per heavy atom. The van der Waals surface area contributed by atoms with Gasteiger partial charge in [-0.3, -0.25) is 10.1 Å². The van der Waals surface area contributed by atoms with Crippen molar-refractivity contribution in [2.75, 3.05) is 0 Å². The van der Waals surface area contributed by atoms with Crippen LogP contribution < -0.4 is 4.74 Å². The quantitative estimate of drug-likeness (QED) is 0.636. The Morgan fingerprint density at radius 2 is 2.20 bits per heavy atom. The van der Waals surface area contributed by atoms with Crippen LogP contribution in [0.3, 0.4) is 0 Å². The molecule has 6 nitrogen and oxygen atoms in total. The number of non-ortho nitro benzene ring substituents is 1. The zero-order valence-electron chi connectivity index (χ0n) is 10.3. The van der Waals surface area contributed by atoms with Crippen molar-refractivity contribution in [1.82, 2.24) is 4.98 Å².